The van der Waals surface area contributed by atoms with Gasteiger partial charge in [-0.2, -0.15) is 0 Å². The summed E-state index contributed by atoms with van der Waals surface area (Å²) in [5.74, 6) is 0.411. The Balaban J connectivity index is 2.93. The first-order chi connectivity index (χ1) is 19.2. The monoisotopic (exact) mass is 581 g/mol. The van der Waals surface area contributed by atoms with Crippen LogP contribution in [0.1, 0.15) is 72.8 Å². The summed E-state index contributed by atoms with van der Waals surface area (Å²) in [6, 6.07) is 5.26. The Morgan fingerprint density at radius 3 is 2.05 bits per heavy atom. The summed E-state index contributed by atoms with van der Waals surface area (Å²) in [7, 11) is 0. The molecule has 10 nitrogen and oxygen atoms in total. The van der Waals surface area contributed by atoms with Gasteiger partial charge < -0.3 is 41.6 Å². The van der Waals surface area contributed by atoms with Crippen molar-refractivity contribution in [1.82, 2.24) is 5.32 Å². The predicted molar refractivity (Wildman–Crippen MR) is 160 cm³/mol. The van der Waals surface area contributed by atoms with Crippen molar-refractivity contribution < 1.29 is 34.4 Å². The molecule has 41 heavy (non-hydrogen) atoms. The largest absolute Gasteiger partial charge is 0.490 e. The molecule has 0 saturated carbocycles. The van der Waals surface area contributed by atoms with Crippen molar-refractivity contribution in [3.63, 3.8) is 0 Å². The Morgan fingerprint density at radius 1 is 0.951 bits per heavy atom. The fourth-order valence-electron chi connectivity index (χ4n) is 4.45. The maximum absolute atomic E-state index is 13.0. The van der Waals surface area contributed by atoms with Gasteiger partial charge in [0.05, 0.1) is 24.7 Å². The third-order valence-electron chi connectivity index (χ3n) is 7.65. The van der Waals surface area contributed by atoms with Crippen LogP contribution in [0.4, 0.5) is 0 Å². The van der Waals surface area contributed by atoms with Crippen LogP contribution in [0.2, 0.25) is 0 Å². The minimum Gasteiger partial charge on any atom is -0.490 e. The highest BCUT2D eigenvalue weighted by molar-refractivity contribution is 5.83. The van der Waals surface area contributed by atoms with Gasteiger partial charge >= 0.3 is 0 Å². The number of primary amides is 1. The van der Waals surface area contributed by atoms with E-state index in [0.717, 1.165) is 5.56 Å². The summed E-state index contributed by atoms with van der Waals surface area (Å²) in [6.07, 6.45) is 1.63. The van der Waals surface area contributed by atoms with Crippen LogP contribution in [0.15, 0.2) is 18.2 Å². The Morgan fingerprint density at radius 2 is 1.54 bits per heavy atom. The lowest BCUT2D eigenvalue weighted by Gasteiger charge is -2.30. The third kappa shape index (κ3) is 13.0. The first-order valence-corrected chi connectivity index (χ1v) is 14.8. The van der Waals surface area contributed by atoms with Crippen LogP contribution >= 0.6 is 0 Å². The zero-order chi connectivity index (χ0) is 31.2. The number of carbonyl (C=O) groups excluding carboxylic acids is 2. The normalized spacial score (nSPS) is 14.9. The molecule has 0 aliphatic rings. The lowest BCUT2D eigenvalue weighted by atomic mass is 9.80. The van der Waals surface area contributed by atoms with Crippen LogP contribution in [0.25, 0.3) is 0 Å². The van der Waals surface area contributed by atoms with Gasteiger partial charge in [0.25, 0.3) is 0 Å². The van der Waals surface area contributed by atoms with Gasteiger partial charge in [0, 0.05) is 44.6 Å². The van der Waals surface area contributed by atoms with E-state index in [9.17, 15) is 14.7 Å². The second kappa shape index (κ2) is 18.2. The number of hydrogen-bond acceptors (Lipinski definition) is 8. The van der Waals surface area contributed by atoms with E-state index in [1.165, 1.54) is 0 Å². The molecule has 0 unspecified atom stereocenters. The maximum Gasteiger partial charge on any atom is 0.224 e. The second-order valence-corrected chi connectivity index (χ2v) is 12.4. The van der Waals surface area contributed by atoms with Gasteiger partial charge in [-0.3, -0.25) is 9.59 Å². The molecule has 1 aromatic carbocycles. The molecule has 0 saturated heterocycles. The number of ether oxygens (including phenoxy) is 2. The summed E-state index contributed by atoms with van der Waals surface area (Å²) >= 11 is 0. The fraction of sp³-hybridized carbons (Fsp3) is 0.742. The second-order valence-electron chi connectivity index (χ2n) is 12.4. The highest BCUT2D eigenvalue weighted by Gasteiger charge is 2.32. The minimum absolute atomic E-state index is 0.0285. The first-order valence-electron chi connectivity index (χ1n) is 14.8. The van der Waals surface area contributed by atoms with E-state index in [4.69, 9.17) is 31.2 Å². The van der Waals surface area contributed by atoms with Gasteiger partial charge in [-0.05, 0) is 68.6 Å². The van der Waals surface area contributed by atoms with E-state index in [-0.39, 0.29) is 49.8 Å². The van der Waals surface area contributed by atoms with E-state index in [1.54, 1.807) is 13.8 Å². The van der Waals surface area contributed by atoms with Crippen molar-refractivity contribution in [3.8, 4) is 11.5 Å². The number of rotatable bonds is 21. The summed E-state index contributed by atoms with van der Waals surface area (Å²) < 4.78 is 11.7. The Kier molecular flexibility index (Phi) is 16.3. The van der Waals surface area contributed by atoms with Crippen LogP contribution in [0.3, 0.4) is 0 Å². The van der Waals surface area contributed by atoms with E-state index in [1.807, 2.05) is 32.0 Å². The van der Waals surface area contributed by atoms with Crippen molar-refractivity contribution >= 4 is 11.8 Å². The number of amides is 2. The van der Waals surface area contributed by atoms with Crippen molar-refractivity contribution in [1.29, 1.82) is 0 Å². The average molecular weight is 582 g/mol. The van der Waals surface area contributed by atoms with Crippen LogP contribution in [0.5, 0.6) is 11.5 Å². The molecule has 0 spiro atoms. The van der Waals surface area contributed by atoms with Gasteiger partial charge in [0.2, 0.25) is 11.8 Å². The summed E-state index contributed by atoms with van der Waals surface area (Å²) in [5, 5.41) is 32.1. The van der Waals surface area contributed by atoms with Gasteiger partial charge in [-0.25, -0.2) is 0 Å². The third-order valence-corrected chi connectivity index (χ3v) is 7.65. The highest BCUT2D eigenvalue weighted by atomic mass is 16.5. The van der Waals surface area contributed by atoms with E-state index in [0.29, 0.717) is 50.4 Å². The molecule has 0 aliphatic heterocycles. The number of aliphatic hydroxyl groups is 3. The van der Waals surface area contributed by atoms with Crippen LogP contribution in [0, 0.1) is 29.1 Å². The molecule has 0 radical (unpaired) electrons. The lowest BCUT2D eigenvalue weighted by molar-refractivity contribution is -0.130. The van der Waals surface area contributed by atoms with E-state index < -0.39 is 29.4 Å². The molecule has 0 fully saturated rings. The van der Waals surface area contributed by atoms with Gasteiger partial charge in [0.15, 0.2) is 11.5 Å². The standard InChI is InChI=1S/C31H55N3O7/c1-20(2)23(15-22-9-10-27(40-13-7-11-35)28(16-22)41-14-8-12-36)17-25(32)26(37)18-24(21(3)4)29(38)34-19-31(5,6)30(33)39/h9-10,16,20-21,23-26,35-37H,7-8,11-15,17-19,32H2,1-6H3,(H2,33,39)(H,34,38)/t23-,24+,25-,26-/m0/s1. The zero-order valence-electron chi connectivity index (χ0n) is 25.9. The summed E-state index contributed by atoms with van der Waals surface area (Å²) in [5.41, 5.74) is 12.1. The van der Waals surface area contributed by atoms with Crippen molar-refractivity contribution in [3.05, 3.63) is 23.8 Å². The predicted octanol–water partition coefficient (Wildman–Crippen LogP) is 2.39. The molecule has 1 aromatic rings. The molecule has 0 aliphatic carbocycles. The number of aliphatic hydroxyl groups excluding tert-OH is 3. The van der Waals surface area contributed by atoms with Gasteiger partial charge in [-0.15, -0.1) is 0 Å². The van der Waals surface area contributed by atoms with Gasteiger partial charge in [0.1, 0.15) is 0 Å². The van der Waals surface area contributed by atoms with Crippen LogP contribution < -0.4 is 26.3 Å². The highest BCUT2D eigenvalue weighted by Crippen LogP contribution is 2.32. The number of carbonyl (C=O) groups is 2. The molecule has 2 amide bonds. The molecular formula is C31H55N3O7. The molecule has 0 bridgehead atoms. The summed E-state index contributed by atoms with van der Waals surface area (Å²) in [4.78, 5) is 24.6. The summed E-state index contributed by atoms with van der Waals surface area (Å²) in [6.45, 7) is 12.4. The van der Waals surface area contributed by atoms with Crippen LogP contribution in [-0.2, 0) is 16.0 Å². The van der Waals surface area contributed by atoms with Crippen molar-refractivity contribution in [2.45, 2.75) is 85.8 Å². The smallest absolute Gasteiger partial charge is 0.224 e. The minimum atomic E-state index is -0.877. The van der Waals surface area contributed by atoms with Crippen molar-refractivity contribution in [2.75, 3.05) is 33.0 Å². The Bertz CT molecular complexity index is 923. The number of benzene rings is 1. The number of nitrogens with one attached hydrogen (secondary N) is 1. The number of nitrogens with two attached hydrogens (primary N) is 2. The molecule has 8 N–H and O–H groups in total. The molecule has 0 aromatic heterocycles. The average Bonchev–Trinajstić information content (AvgIpc) is 2.90. The molecule has 1 rings (SSSR count). The Labute approximate surface area is 246 Å². The zero-order valence-corrected chi connectivity index (χ0v) is 25.9. The van der Waals surface area contributed by atoms with Gasteiger partial charge in [-0.1, -0.05) is 33.8 Å². The van der Waals surface area contributed by atoms with E-state index in [2.05, 4.69) is 19.2 Å². The lowest BCUT2D eigenvalue weighted by Crippen LogP contribution is -2.46. The molecule has 10 heteroatoms. The van der Waals surface area contributed by atoms with E-state index >= 15 is 0 Å². The Hall–Kier alpha value is -2.40. The first kappa shape index (κ1) is 36.6. The molecule has 4 atom stereocenters. The topological polar surface area (TPSA) is 177 Å². The van der Waals surface area contributed by atoms with Crippen LogP contribution in [-0.4, -0.2) is 72.3 Å². The number of hydrogen-bond donors (Lipinski definition) is 6. The molecule has 0 heterocycles. The molecule has 236 valence electrons. The maximum atomic E-state index is 13.0. The quantitative estimate of drug-likeness (QED) is 0.120. The van der Waals surface area contributed by atoms with Crippen molar-refractivity contribution in [2.24, 2.45) is 40.6 Å². The fourth-order valence-corrected chi connectivity index (χ4v) is 4.45. The molecular weight excluding hydrogens is 526 g/mol. The SMILES string of the molecule is CC(C)[C@@H](Cc1ccc(OCCCO)c(OCCCO)c1)C[C@H](N)[C@@H](O)C[C@@H](C(=O)NCC(C)(C)C(N)=O)C(C)C.